The number of amides is 1. The van der Waals surface area contributed by atoms with Gasteiger partial charge in [-0.2, -0.15) is 0 Å². The second-order valence-electron chi connectivity index (χ2n) is 8.14. The molecule has 1 amide bonds. The number of rotatable bonds is 10. The van der Waals surface area contributed by atoms with E-state index in [1.54, 1.807) is 14.2 Å². The first kappa shape index (κ1) is 27.0. The molecule has 1 aliphatic rings. The standard InChI is InChI=1S/C25H27Cl2N3O4S2/c1-32-22-6-4-17(10-23(22)33-2)21-14-35-25(29-21)36-15-24(31)28-11-18-13-30(7-8-34-18)12-16-3-5-19(26)20(27)9-16/h3-6,9-10,14,18H,7-8,11-13,15H2,1-2H3,(H,28,31)/t18-/m0/s1. The molecule has 192 valence electrons. The molecule has 1 saturated heterocycles. The molecule has 0 spiro atoms. The SMILES string of the molecule is COc1ccc(-c2csc(SCC(=O)NC[C@H]3CN(Cc4ccc(Cl)c(Cl)c4)CCO3)n2)cc1OC. The van der Waals surface area contributed by atoms with Crippen LogP contribution in [0.2, 0.25) is 10.0 Å². The zero-order valence-corrected chi connectivity index (χ0v) is 23.1. The van der Waals surface area contributed by atoms with Gasteiger partial charge in [-0.15, -0.1) is 11.3 Å². The van der Waals surface area contributed by atoms with Gasteiger partial charge in [0.05, 0.1) is 48.4 Å². The molecule has 1 atom stereocenters. The maximum absolute atomic E-state index is 12.4. The summed E-state index contributed by atoms with van der Waals surface area (Å²) in [6.45, 7) is 3.40. The van der Waals surface area contributed by atoms with Gasteiger partial charge in [-0.1, -0.05) is 41.0 Å². The maximum Gasteiger partial charge on any atom is 0.230 e. The van der Waals surface area contributed by atoms with Crippen molar-refractivity contribution in [1.29, 1.82) is 0 Å². The van der Waals surface area contributed by atoms with Crippen LogP contribution in [0.25, 0.3) is 11.3 Å². The van der Waals surface area contributed by atoms with Crippen molar-refractivity contribution in [2.45, 2.75) is 17.0 Å². The van der Waals surface area contributed by atoms with Crippen LogP contribution in [0.15, 0.2) is 46.1 Å². The summed E-state index contributed by atoms with van der Waals surface area (Å²) < 4.78 is 17.3. The quantitative estimate of drug-likeness (QED) is 0.335. The topological polar surface area (TPSA) is 72.9 Å². The number of halogens is 2. The van der Waals surface area contributed by atoms with E-state index in [9.17, 15) is 4.79 Å². The van der Waals surface area contributed by atoms with Crippen molar-refractivity contribution in [3.63, 3.8) is 0 Å². The highest BCUT2D eigenvalue weighted by Gasteiger charge is 2.21. The van der Waals surface area contributed by atoms with Crippen LogP contribution in [0.4, 0.5) is 0 Å². The molecule has 2 heterocycles. The fourth-order valence-corrected chi connectivity index (χ4v) is 5.79. The van der Waals surface area contributed by atoms with Crippen molar-refractivity contribution in [1.82, 2.24) is 15.2 Å². The van der Waals surface area contributed by atoms with Gasteiger partial charge in [0.1, 0.15) is 0 Å². The molecule has 1 aliphatic heterocycles. The Kier molecular flexibility index (Phi) is 9.75. The van der Waals surface area contributed by atoms with E-state index in [0.29, 0.717) is 40.4 Å². The predicted octanol–water partition coefficient (Wildman–Crippen LogP) is 5.24. The first-order chi connectivity index (χ1) is 17.4. The lowest BCUT2D eigenvalue weighted by atomic mass is 10.1. The summed E-state index contributed by atoms with van der Waals surface area (Å²) >= 11 is 15.1. The van der Waals surface area contributed by atoms with Crippen molar-refractivity contribution >= 4 is 52.2 Å². The minimum atomic E-state index is -0.0630. The zero-order valence-electron chi connectivity index (χ0n) is 20.0. The third-order valence-electron chi connectivity index (χ3n) is 5.63. The smallest absolute Gasteiger partial charge is 0.230 e. The normalized spacial score (nSPS) is 16.1. The highest BCUT2D eigenvalue weighted by Crippen LogP contribution is 2.34. The fourth-order valence-electron chi connectivity index (χ4n) is 3.80. The number of ether oxygens (including phenoxy) is 3. The van der Waals surface area contributed by atoms with Crippen molar-refractivity contribution in [3.8, 4) is 22.8 Å². The second-order valence-corrected chi connectivity index (χ2v) is 11.0. The maximum atomic E-state index is 12.4. The highest BCUT2D eigenvalue weighted by atomic mass is 35.5. The number of carbonyl (C=O) groups excluding carboxylic acids is 1. The lowest BCUT2D eigenvalue weighted by molar-refractivity contribution is -0.119. The third kappa shape index (κ3) is 7.27. The average molecular weight is 569 g/mol. The molecule has 1 aromatic heterocycles. The van der Waals surface area contributed by atoms with Crippen molar-refractivity contribution in [2.24, 2.45) is 0 Å². The summed E-state index contributed by atoms with van der Waals surface area (Å²) in [4.78, 5) is 19.4. The Balaban J connectivity index is 1.22. The molecule has 0 unspecified atom stereocenters. The molecular weight excluding hydrogens is 541 g/mol. The van der Waals surface area contributed by atoms with E-state index >= 15 is 0 Å². The Morgan fingerprint density at radius 1 is 1.19 bits per heavy atom. The van der Waals surface area contributed by atoms with Gasteiger partial charge in [0.15, 0.2) is 15.8 Å². The Bertz CT molecular complexity index is 1190. The number of hydrogen-bond acceptors (Lipinski definition) is 8. The Hall–Kier alpha value is -2.01. The van der Waals surface area contributed by atoms with Crippen molar-refractivity contribution in [3.05, 3.63) is 57.4 Å². The number of nitrogens with zero attached hydrogens (tertiary/aromatic N) is 2. The fraction of sp³-hybridized carbons (Fsp3) is 0.360. The van der Waals surface area contributed by atoms with E-state index < -0.39 is 0 Å². The average Bonchev–Trinajstić information content (AvgIpc) is 3.37. The summed E-state index contributed by atoms with van der Waals surface area (Å²) in [5.41, 5.74) is 2.86. The minimum Gasteiger partial charge on any atom is -0.493 e. The first-order valence-corrected chi connectivity index (χ1v) is 13.9. The van der Waals surface area contributed by atoms with Crippen LogP contribution in [-0.4, -0.2) is 68.1 Å². The number of thiazole rings is 1. The molecule has 0 saturated carbocycles. The van der Waals surface area contributed by atoms with E-state index in [2.05, 4.69) is 15.2 Å². The number of hydrogen-bond donors (Lipinski definition) is 1. The van der Waals surface area contributed by atoms with Gasteiger partial charge in [0.25, 0.3) is 0 Å². The number of nitrogens with one attached hydrogen (secondary N) is 1. The number of carbonyl (C=O) groups is 1. The summed E-state index contributed by atoms with van der Waals surface area (Å²) in [6, 6.07) is 11.4. The van der Waals surface area contributed by atoms with Crippen LogP contribution in [-0.2, 0) is 16.1 Å². The van der Waals surface area contributed by atoms with Gasteiger partial charge in [-0.25, -0.2) is 4.98 Å². The molecule has 2 aromatic carbocycles. The molecule has 1 N–H and O–H groups in total. The third-order valence-corrected chi connectivity index (χ3v) is 8.39. The van der Waals surface area contributed by atoms with Crippen LogP contribution in [0.1, 0.15) is 5.56 Å². The second kappa shape index (κ2) is 13.0. The highest BCUT2D eigenvalue weighted by molar-refractivity contribution is 8.01. The van der Waals surface area contributed by atoms with Crippen LogP contribution >= 0.6 is 46.3 Å². The van der Waals surface area contributed by atoms with E-state index in [1.807, 2.05) is 41.8 Å². The minimum absolute atomic E-state index is 0.0481. The number of thioether (sulfide) groups is 1. The largest absolute Gasteiger partial charge is 0.493 e. The van der Waals surface area contributed by atoms with E-state index in [4.69, 9.17) is 37.4 Å². The molecule has 11 heteroatoms. The van der Waals surface area contributed by atoms with E-state index in [0.717, 1.165) is 40.8 Å². The number of aromatic nitrogens is 1. The van der Waals surface area contributed by atoms with Gasteiger partial charge in [-0.3, -0.25) is 9.69 Å². The summed E-state index contributed by atoms with van der Waals surface area (Å²) in [6.07, 6.45) is -0.0630. The van der Waals surface area contributed by atoms with Crippen molar-refractivity contribution in [2.75, 3.05) is 46.2 Å². The predicted molar refractivity (Wildman–Crippen MR) is 146 cm³/mol. The summed E-state index contributed by atoms with van der Waals surface area (Å²) in [7, 11) is 3.21. The van der Waals surface area contributed by atoms with Gasteiger partial charge in [-0.05, 0) is 35.9 Å². The molecule has 4 rings (SSSR count). The van der Waals surface area contributed by atoms with E-state index in [-0.39, 0.29) is 12.0 Å². The lowest BCUT2D eigenvalue weighted by Crippen LogP contribution is -2.47. The first-order valence-electron chi connectivity index (χ1n) is 11.3. The number of benzene rings is 2. The van der Waals surface area contributed by atoms with Gasteiger partial charge in [0.2, 0.25) is 5.91 Å². The van der Waals surface area contributed by atoms with Gasteiger partial charge >= 0.3 is 0 Å². The zero-order chi connectivity index (χ0) is 25.5. The number of morpholine rings is 1. The molecule has 0 bridgehead atoms. The monoisotopic (exact) mass is 567 g/mol. The molecule has 0 radical (unpaired) electrons. The van der Waals surface area contributed by atoms with E-state index in [1.165, 1.54) is 23.1 Å². The molecule has 0 aliphatic carbocycles. The lowest BCUT2D eigenvalue weighted by Gasteiger charge is -2.33. The van der Waals surface area contributed by atoms with Crippen LogP contribution < -0.4 is 14.8 Å². The Morgan fingerprint density at radius 3 is 2.81 bits per heavy atom. The summed E-state index contributed by atoms with van der Waals surface area (Å²) in [5, 5.41) is 6.07. The Labute approximate surface area is 229 Å². The molecule has 3 aromatic rings. The van der Waals surface area contributed by atoms with Crippen LogP contribution in [0, 0.1) is 0 Å². The van der Waals surface area contributed by atoms with Gasteiger partial charge in [0, 0.05) is 37.1 Å². The molecular formula is C25H27Cl2N3O4S2. The molecule has 1 fully saturated rings. The molecule has 7 nitrogen and oxygen atoms in total. The van der Waals surface area contributed by atoms with Crippen molar-refractivity contribution < 1.29 is 19.0 Å². The summed E-state index contributed by atoms with van der Waals surface area (Å²) in [5.74, 6) is 1.56. The Morgan fingerprint density at radius 2 is 2.03 bits per heavy atom. The van der Waals surface area contributed by atoms with Crippen LogP contribution in [0.3, 0.4) is 0 Å². The van der Waals surface area contributed by atoms with Gasteiger partial charge < -0.3 is 19.5 Å². The van der Waals surface area contributed by atoms with Crippen LogP contribution in [0.5, 0.6) is 11.5 Å². The molecule has 36 heavy (non-hydrogen) atoms. The number of methoxy groups -OCH3 is 2.